The molecule has 0 aliphatic heterocycles. The van der Waals surface area contributed by atoms with Crippen molar-refractivity contribution in [3.63, 3.8) is 0 Å². The number of rotatable bonds is 6. The topological polar surface area (TPSA) is 58.6 Å². The van der Waals surface area contributed by atoms with Crippen molar-refractivity contribution in [1.82, 2.24) is 0 Å². The number of benzene rings is 2. The van der Waals surface area contributed by atoms with Gasteiger partial charge in [-0.05, 0) is 35.7 Å². The van der Waals surface area contributed by atoms with Crippen LogP contribution in [0.2, 0.25) is 0 Å². The lowest BCUT2D eigenvalue weighted by Gasteiger charge is -2.10. The number of ether oxygens (including phenoxy) is 1. The molecule has 0 spiro atoms. The van der Waals surface area contributed by atoms with Gasteiger partial charge in [0.05, 0.1) is 18.7 Å². The van der Waals surface area contributed by atoms with Crippen LogP contribution in [0, 0.1) is 5.92 Å². The maximum atomic E-state index is 12.0. The molecule has 2 N–H and O–H groups in total. The highest BCUT2D eigenvalue weighted by Crippen LogP contribution is 2.21. The van der Waals surface area contributed by atoms with E-state index in [4.69, 9.17) is 4.74 Å². The summed E-state index contributed by atoms with van der Waals surface area (Å²) in [5.41, 5.74) is 1.31. The van der Waals surface area contributed by atoms with Gasteiger partial charge in [0.15, 0.2) is 0 Å². The Balaban J connectivity index is 1.90. The van der Waals surface area contributed by atoms with Gasteiger partial charge in [-0.25, -0.2) is 0 Å². The maximum absolute atomic E-state index is 12.0. The summed E-state index contributed by atoms with van der Waals surface area (Å²) in [5, 5.41) is 12.3. The van der Waals surface area contributed by atoms with Gasteiger partial charge >= 0.3 is 0 Å². The van der Waals surface area contributed by atoms with Crippen molar-refractivity contribution in [3.05, 3.63) is 54.1 Å². The molecule has 0 unspecified atom stereocenters. The summed E-state index contributed by atoms with van der Waals surface area (Å²) < 4.78 is 5.61. The van der Waals surface area contributed by atoms with Crippen LogP contribution in [0.15, 0.2) is 48.5 Å². The Labute approximate surface area is 130 Å². The number of hydrogen-bond acceptors (Lipinski definition) is 3. The fraction of sp³-hybridized carbons (Fsp3) is 0.278. The predicted molar refractivity (Wildman–Crippen MR) is 87.2 cm³/mol. The molecule has 0 heterocycles. The van der Waals surface area contributed by atoms with Gasteiger partial charge in [-0.3, -0.25) is 4.79 Å². The molecule has 1 amide bonds. The summed E-state index contributed by atoms with van der Waals surface area (Å²) in [6.45, 7) is 4.86. The Morgan fingerprint density at radius 2 is 1.82 bits per heavy atom. The molecule has 0 bridgehead atoms. The fourth-order valence-corrected chi connectivity index (χ4v) is 1.93. The number of amides is 1. The van der Waals surface area contributed by atoms with E-state index in [-0.39, 0.29) is 18.1 Å². The van der Waals surface area contributed by atoms with Crippen molar-refractivity contribution in [2.75, 3.05) is 11.9 Å². The minimum Gasteiger partial charge on any atom is -0.506 e. The van der Waals surface area contributed by atoms with Gasteiger partial charge in [0.1, 0.15) is 11.5 Å². The average molecular weight is 299 g/mol. The van der Waals surface area contributed by atoms with Crippen molar-refractivity contribution in [3.8, 4) is 11.5 Å². The number of carbonyl (C=O) groups excluding carboxylic acids is 1. The van der Waals surface area contributed by atoms with E-state index in [2.05, 4.69) is 19.2 Å². The minimum atomic E-state index is -0.169. The number of phenols is 1. The van der Waals surface area contributed by atoms with Gasteiger partial charge in [0, 0.05) is 0 Å². The predicted octanol–water partition coefficient (Wildman–Crippen LogP) is 3.61. The molecule has 4 heteroatoms. The molecule has 0 atom stereocenters. The third kappa shape index (κ3) is 4.81. The number of nitrogens with one attached hydrogen (secondary N) is 1. The van der Waals surface area contributed by atoms with Crippen molar-refractivity contribution in [2.24, 2.45) is 5.92 Å². The van der Waals surface area contributed by atoms with Crippen molar-refractivity contribution in [2.45, 2.75) is 20.3 Å². The quantitative estimate of drug-likeness (QED) is 0.801. The molecule has 0 aliphatic rings. The highest BCUT2D eigenvalue weighted by Gasteiger charge is 2.07. The number of hydrogen-bond donors (Lipinski definition) is 2. The number of anilines is 1. The first kappa shape index (κ1) is 15.9. The van der Waals surface area contributed by atoms with Crippen LogP contribution in [0.3, 0.4) is 0 Å². The molecule has 0 aromatic heterocycles. The molecular formula is C18H21NO3. The van der Waals surface area contributed by atoms with Gasteiger partial charge in [-0.15, -0.1) is 0 Å². The Kier molecular flexibility index (Phi) is 5.42. The largest absolute Gasteiger partial charge is 0.506 e. The highest BCUT2D eigenvalue weighted by atomic mass is 16.5. The summed E-state index contributed by atoms with van der Waals surface area (Å²) in [4.78, 5) is 12.0. The van der Waals surface area contributed by atoms with Crippen LogP contribution in [0.4, 0.5) is 5.69 Å². The lowest BCUT2D eigenvalue weighted by atomic mass is 10.1. The molecule has 0 saturated heterocycles. The van der Waals surface area contributed by atoms with E-state index in [1.165, 1.54) is 6.07 Å². The van der Waals surface area contributed by atoms with E-state index >= 15 is 0 Å². The third-order valence-corrected chi connectivity index (χ3v) is 3.05. The lowest BCUT2D eigenvalue weighted by Crippen LogP contribution is -2.14. The zero-order chi connectivity index (χ0) is 15.9. The monoisotopic (exact) mass is 299 g/mol. The molecule has 4 nitrogen and oxygen atoms in total. The Bertz CT molecular complexity index is 620. The summed E-state index contributed by atoms with van der Waals surface area (Å²) in [5.74, 6) is 1.17. The second-order valence-corrected chi connectivity index (χ2v) is 5.59. The maximum Gasteiger partial charge on any atom is 0.228 e. The fourth-order valence-electron chi connectivity index (χ4n) is 1.93. The SMILES string of the molecule is CC(C)COc1ccc(CC(=O)Nc2ccccc2O)cc1. The van der Waals surface area contributed by atoms with Crippen molar-refractivity contribution in [1.29, 1.82) is 0 Å². The van der Waals surface area contributed by atoms with Crippen LogP contribution in [-0.2, 0) is 11.2 Å². The number of aromatic hydroxyl groups is 1. The van der Waals surface area contributed by atoms with Crippen LogP contribution in [-0.4, -0.2) is 17.6 Å². The summed E-state index contributed by atoms with van der Waals surface area (Å²) in [6.07, 6.45) is 0.249. The minimum absolute atomic E-state index is 0.0632. The number of para-hydroxylation sites is 2. The van der Waals surface area contributed by atoms with Crippen LogP contribution >= 0.6 is 0 Å². The molecule has 2 aromatic carbocycles. The molecule has 0 saturated carbocycles. The van der Waals surface area contributed by atoms with Crippen molar-refractivity contribution < 1.29 is 14.6 Å². The Morgan fingerprint density at radius 3 is 2.45 bits per heavy atom. The zero-order valence-electron chi connectivity index (χ0n) is 12.9. The first-order valence-corrected chi connectivity index (χ1v) is 7.34. The second kappa shape index (κ2) is 7.50. The second-order valence-electron chi connectivity index (χ2n) is 5.59. The normalized spacial score (nSPS) is 10.5. The van der Waals surface area contributed by atoms with E-state index in [0.717, 1.165) is 11.3 Å². The van der Waals surface area contributed by atoms with Crippen LogP contribution < -0.4 is 10.1 Å². The van der Waals surface area contributed by atoms with Gasteiger partial charge < -0.3 is 15.2 Å². The molecule has 0 fully saturated rings. The standard InChI is InChI=1S/C18H21NO3/c1-13(2)12-22-15-9-7-14(8-10-15)11-18(21)19-16-5-3-4-6-17(16)20/h3-10,13,20H,11-12H2,1-2H3,(H,19,21). The van der Waals surface area contributed by atoms with E-state index in [1.807, 2.05) is 24.3 Å². The summed E-state index contributed by atoms with van der Waals surface area (Å²) >= 11 is 0. The van der Waals surface area contributed by atoms with E-state index in [9.17, 15) is 9.90 Å². The lowest BCUT2D eigenvalue weighted by molar-refractivity contribution is -0.115. The summed E-state index contributed by atoms with van der Waals surface area (Å²) in [7, 11) is 0. The molecule has 22 heavy (non-hydrogen) atoms. The molecule has 2 aromatic rings. The van der Waals surface area contributed by atoms with Crippen LogP contribution in [0.25, 0.3) is 0 Å². The first-order chi connectivity index (χ1) is 10.5. The number of carbonyl (C=O) groups is 1. The van der Waals surface area contributed by atoms with Gasteiger partial charge in [0.2, 0.25) is 5.91 Å². The molecular weight excluding hydrogens is 278 g/mol. The number of phenolic OH excluding ortho intramolecular Hbond substituents is 1. The van der Waals surface area contributed by atoms with Crippen molar-refractivity contribution >= 4 is 11.6 Å². The Morgan fingerprint density at radius 1 is 1.14 bits per heavy atom. The Hall–Kier alpha value is -2.49. The first-order valence-electron chi connectivity index (χ1n) is 7.34. The molecule has 0 radical (unpaired) electrons. The highest BCUT2D eigenvalue weighted by molar-refractivity contribution is 5.93. The van der Waals surface area contributed by atoms with Gasteiger partial charge in [0.25, 0.3) is 0 Å². The van der Waals surface area contributed by atoms with E-state index in [1.54, 1.807) is 18.2 Å². The zero-order valence-corrected chi connectivity index (χ0v) is 12.9. The summed E-state index contributed by atoms with van der Waals surface area (Å²) in [6, 6.07) is 14.2. The van der Waals surface area contributed by atoms with Crippen LogP contribution in [0.5, 0.6) is 11.5 Å². The van der Waals surface area contributed by atoms with Gasteiger partial charge in [-0.1, -0.05) is 38.1 Å². The molecule has 2 rings (SSSR count). The van der Waals surface area contributed by atoms with Crippen LogP contribution in [0.1, 0.15) is 19.4 Å². The molecule has 116 valence electrons. The van der Waals surface area contributed by atoms with E-state index < -0.39 is 0 Å². The third-order valence-electron chi connectivity index (χ3n) is 3.05. The molecule has 0 aliphatic carbocycles. The van der Waals surface area contributed by atoms with E-state index in [0.29, 0.717) is 18.2 Å². The average Bonchev–Trinajstić information content (AvgIpc) is 2.49. The van der Waals surface area contributed by atoms with Gasteiger partial charge in [-0.2, -0.15) is 0 Å². The smallest absolute Gasteiger partial charge is 0.228 e.